The number of nitrogens with zero attached hydrogens (tertiary/aromatic N) is 3. The Balaban J connectivity index is 1.33. The summed E-state index contributed by atoms with van der Waals surface area (Å²) >= 11 is 2.73. The number of imidazole rings is 1. The number of hydrogen-bond donors (Lipinski definition) is 2. The van der Waals surface area contributed by atoms with Crippen LogP contribution in [0.1, 0.15) is 27.3 Å². The molecule has 0 saturated heterocycles. The van der Waals surface area contributed by atoms with E-state index in [4.69, 9.17) is 4.74 Å². The van der Waals surface area contributed by atoms with E-state index in [1.165, 1.54) is 35.2 Å². The predicted octanol–water partition coefficient (Wildman–Crippen LogP) is 4.17. The van der Waals surface area contributed by atoms with Gasteiger partial charge in [0, 0.05) is 12.6 Å². The first-order valence-corrected chi connectivity index (χ1v) is 11.0. The third-order valence-electron chi connectivity index (χ3n) is 4.10. The molecule has 0 aliphatic rings. The molecule has 0 atom stereocenters. The van der Waals surface area contributed by atoms with Crippen LogP contribution < -0.4 is 10.1 Å². The molecule has 2 aromatic carbocycles. The molecule has 0 spiro atoms. The van der Waals surface area contributed by atoms with Gasteiger partial charge in [0.25, 0.3) is 5.91 Å². The number of halogens is 1. The van der Waals surface area contributed by atoms with Crippen molar-refractivity contribution in [1.29, 1.82) is 0 Å². The van der Waals surface area contributed by atoms with E-state index in [1.54, 1.807) is 12.1 Å². The number of ether oxygens (including phenoxy) is 1. The van der Waals surface area contributed by atoms with Gasteiger partial charge >= 0.3 is 0 Å². The lowest BCUT2D eigenvalue weighted by Gasteiger charge is -2.02. The fourth-order valence-corrected chi connectivity index (χ4v) is 4.31. The van der Waals surface area contributed by atoms with E-state index in [9.17, 15) is 9.18 Å². The number of amides is 1. The minimum atomic E-state index is -0.310. The highest BCUT2D eigenvalue weighted by atomic mass is 32.2. The molecule has 2 N–H and O–H groups in total. The Hall–Kier alpha value is -2.98. The van der Waals surface area contributed by atoms with Gasteiger partial charge in [-0.3, -0.25) is 4.79 Å². The number of aromatic amines is 1. The number of rotatable bonds is 8. The summed E-state index contributed by atoms with van der Waals surface area (Å²) < 4.78 is 18.4. The average molecular weight is 444 g/mol. The lowest BCUT2D eigenvalue weighted by molar-refractivity contribution is 0.0950. The van der Waals surface area contributed by atoms with Crippen LogP contribution in [-0.4, -0.2) is 32.7 Å². The Morgan fingerprint density at radius 2 is 2.07 bits per heavy atom. The SMILES string of the molecule is CCOc1ccc2nc(SCc3nnc(C(=O)NCc4ccc(F)cc4)s3)[nH]c2c1. The van der Waals surface area contributed by atoms with Crippen molar-refractivity contribution in [2.75, 3.05) is 6.61 Å². The smallest absolute Gasteiger partial charge is 0.282 e. The first-order valence-electron chi connectivity index (χ1n) is 9.21. The standard InChI is InChI=1S/C20H18FN5O2S2/c1-2-28-14-7-8-15-16(9-14)24-20(23-15)29-11-17-25-26-19(30-17)18(27)22-10-12-3-5-13(21)6-4-12/h3-9H,2,10-11H2,1H3,(H,22,27)(H,23,24). The number of carbonyl (C=O) groups is 1. The van der Waals surface area contributed by atoms with Crippen molar-refractivity contribution in [3.8, 4) is 5.75 Å². The summed E-state index contributed by atoms with van der Waals surface area (Å²) in [5.41, 5.74) is 2.57. The topological polar surface area (TPSA) is 92.8 Å². The van der Waals surface area contributed by atoms with Crippen LogP contribution in [0.5, 0.6) is 5.75 Å². The first-order chi connectivity index (χ1) is 14.6. The van der Waals surface area contributed by atoms with Gasteiger partial charge in [0.15, 0.2) is 5.16 Å². The summed E-state index contributed by atoms with van der Waals surface area (Å²) in [4.78, 5) is 20.1. The maximum absolute atomic E-state index is 12.9. The number of carbonyl (C=O) groups excluding carboxylic acids is 1. The molecule has 1 amide bonds. The van der Waals surface area contributed by atoms with Gasteiger partial charge in [-0.2, -0.15) is 0 Å². The number of fused-ring (bicyclic) bond motifs is 1. The second-order valence-corrected chi connectivity index (χ2v) is 8.28. The molecule has 0 aliphatic heterocycles. The number of thioether (sulfide) groups is 1. The number of nitrogens with one attached hydrogen (secondary N) is 2. The Morgan fingerprint density at radius 1 is 1.23 bits per heavy atom. The van der Waals surface area contributed by atoms with Gasteiger partial charge in [-0.25, -0.2) is 9.37 Å². The summed E-state index contributed by atoms with van der Waals surface area (Å²) in [6, 6.07) is 11.7. The lowest BCUT2D eigenvalue weighted by atomic mass is 10.2. The average Bonchev–Trinajstić information content (AvgIpc) is 3.38. The number of benzene rings is 2. The van der Waals surface area contributed by atoms with Crippen LogP contribution in [-0.2, 0) is 12.3 Å². The van der Waals surface area contributed by atoms with Gasteiger partial charge in [0.2, 0.25) is 5.01 Å². The lowest BCUT2D eigenvalue weighted by Crippen LogP contribution is -2.22. The van der Waals surface area contributed by atoms with Gasteiger partial charge < -0.3 is 15.0 Å². The molecule has 10 heteroatoms. The molecule has 0 saturated carbocycles. The quantitative estimate of drug-likeness (QED) is 0.397. The minimum absolute atomic E-state index is 0.290. The zero-order chi connectivity index (χ0) is 20.9. The number of hydrogen-bond acceptors (Lipinski definition) is 7. The highest BCUT2D eigenvalue weighted by Crippen LogP contribution is 2.26. The van der Waals surface area contributed by atoms with E-state index in [1.807, 2.05) is 25.1 Å². The molecule has 0 aliphatic carbocycles. The van der Waals surface area contributed by atoms with Crippen LogP contribution in [0, 0.1) is 5.82 Å². The van der Waals surface area contributed by atoms with Crippen molar-refractivity contribution in [2.24, 2.45) is 0 Å². The second-order valence-electron chi connectivity index (χ2n) is 6.25. The molecule has 30 heavy (non-hydrogen) atoms. The highest BCUT2D eigenvalue weighted by Gasteiger charge is 2.14. The molecule has 0 fully saturated rings. The largest absolute Gasteiger partial charge is 0.494 e. The summed E-state index contributed by atoms with van der Waals surface area (Å²) in [5, 5.41) is 12.6. The molecule has 2 aromatic heterocycles. The van der Waals surface area contributed by atoms with E-state index in [0.29, 0.717) is 23.9 Å². The second kappa shape index (κ2) is 9.23. The van der Waals surface area contributed by atoms with Crippen molar-refractivity contribution in [3.05, 3.63) is 63.9 Å². The minimum Gasteiger partial charge on any atom is -0.494 e. The van der Waals surface area contributed by atoms with Crippen molar-refractivity contribution >= 4 is 40.0 Å². The van der Waals surface area contributed by atoms with Crippen molar-refractivity contribution in [3.63, 3.8) is 0 Å². The number of aromatic nitrogens is 4. The van der Waals surface area contributed by atoms with Crippen LogP contribution in [0.4, 0.5) is 4.39 Å². The summed E-state index contributed by atoms with van der Waals surface area (Å²) in [6.07, 6.45) is 0. The molecule has 0 bridgehead atoms. The van der Waals surface area contributed by atoms with Gasteiger partial charge in [0.1, 0.15) is 16.6 Å². The van der Waals surface area contributed by atoms with Crippen molar-refractivity contribution in [1.82, 2.24) is 25.5 Å². The zero-order valence-electron chi connectivity index (χ0n) is 16.0. The van der Waals surface area contributed by atoms with E-state index in [2.05, 4.69) is 25.5 Å². The summed E-state index contributed by atoms with van der Waals surface area (Å²) in [5.74, 6) is 0.725. The van der Waals surface area contributed by atoms with E-state index < -0.39 is 0 Å². The molecule has 2 heterocycles. The molecule has 7 nitrogen and oxygen atoms in total. The molecule has 4 aromatic rings. The molecule has 4 rings (SSSR count). The fraction of sp³-hybridized carbons (Fsp3) is 0.200. The van der Waals surface area contributed by atoms with Crippen LogP contribution in [0.25, 0.3) is 11.0 Å². The highest BCUT2D eigenvalue weighted by molar-refractivity contribution is 7.98. The van der Waals surface area contributed by atoms with E-state index in [0.717, 1.165) is 32.5 Å². The first kappa shape index (κ1) is 20.3. The fourth-order valence-electron chi connectivity index (χ4n) is 2.68. The van der Waals surface area contributed by atoms with Gasteiger partial charge in [0.05, 0.1) is 23.4 Å². The molecular formula is C20H18FN5O2S2. The maximum atomic E-state index is 12.9. The van der Waals surface area contributed by atoms with Crippen LogP contribution >= 0.6 is 23.1 Å². The van der Waals surface area contributed by atoms with Gasteiger partial charge in [-0.15, -0.1) is 10.2 Å². The van der Waals surface area contributed by atoms with E-state index in [-0.39, 0.29) is 11.7 Å². The Morgan fingerprint density at radius 3 is 2.87 bits per heavy atom. The van der Waals surface area contributed by atoms with Crippen molar-refractivity contribution in [2.45, 2.75) is 24.4 Å². The molecule has 0 unspecified atom stereocenters. The predicted molar refractivity (Wildman–Crippen MR) is 114 cm³/mol. The van der Waals surface area contributed by atoms with Crippen LogP contribution in [0.2, 0.25) is 0 Å². The van der Waals surface area contributed by atoms with Crippen molar-refractivity contribution < 1.29 is 13.9 Å². The normalized spacial score (nSPS) is 11.0. The maximum Gasteiger partial charge on any atom is 0.282 e. The summed E-state index contributed by atoms with van der Waals surface area (Å²) in [7, 11) is 0. The Kier molecular flexibility index (Phi) is 6.24. The molecular weight excluding hydrogens is 425 g/mol. The van der Waals surface area contributed by atoms with E-state index >= 15 is 0 Å². The third-order valence-corrected chi connectivity index (χ3v) is 6.09. The third kappa shape index (κ3) is 4.95. The molecule has 154 valence electrons. The van der Waals surface area contributed by atoms with Gasteiger partial charge in [-0.05, 0) is 36.8 Å². The molecule has 0 radical (unpaired) electrons. The van der Waals surface area contributed by atoms with Crippen LogP contribution in [0.15, 0.2) is 47.6 Å². The number of H-pyrrole nitrogens is 1. The Labute approximate surface area is 180 Å². The van der Waals surface area contributed by atoms with Gasteiger partial charge in [-0.1, -0.05) is 35.2 Å². The summed E-state index contributed by atoms with van der Waals surface area (Å²) in [6.45, 7) is 2.85. The monoisotopic (exact) mass is 443 g/mol. The Bertz CT molecular complexity index is 1160. The van der Waals surface area contributed by atoms with Crippen LogP contribution in [0.3, 0.4) is 0 Å². The zero-order valence-corrected chi connectivity index (χ0v) is 17.6.